The predicted molar refractivity (Wildman–Crippen MR) is 122 cm³/mol. The van der Waals surface area contributed by atoms with E-state index in [1.54, 1.807) is 48.5 Å². The van der Waals surface area contributed by atoms with Crippen LogP contribution in [-0.2, 0) is 10.0 Å². The molecule has 0 spiro atoms. The first-order valence-electron chi connectivity index (χ1n) is 9.21. The molecule has 6 N–H and O–H groups in total. The van der Waals surface area contributed by atoms with Crippen molar-refractivity contribution < 1.29 is 13.2 Å². The number of para-hydroxylation sites is 2. The maximum Gasteiger partial charge on any atom is 0.263 e. The fraction of sp³-hybridized carbons (Fsp3) is 0.0476. The quantitative estimate of drug-likeness (QED) is 0.337. The summed E-state index contributed by atoms with van der Waals surface area (Å²) in [5.74, 6) is 0.777. The largest absolute Gasteiger partial charge is 0.497 e. The van der Waals surface area contributed by atoms with Gasteiger partial charge in [-0.2, -0.15) is 0 Å². The highest BCUT2D eigenvalue weighted by atomic mass is 32.2. The number of nitrogens with two attached hydrogens (primary N) is 2. The number of ether oxygens (including phenoxy) is 1. The number of methoxy groups -OCH3 is 1. The molecule has 158 valence electrons. The Morgan fingerprint density at radius 3 is 2.23 bits per heavy atom. The second kappa shape index (κ2) is 8.00. The zero-order valence-electron chi connectivity index (χ0n) is 16.5. The van der Waals surface area contributed by atoms with Crippen LogP contribution in [0.25, 0.3) is 11.0 Å². The molecule has 31 heavy (non-hydrogen) atoms. The van der Waals surface area contributed by atoms with E-state index in [0.717, 1.165) is 0 Å². The number of fused-ring (bicyclic) bond motifs is 1. The summed E-state index contributed by atoms with van der Waals surface area (Å²) in [6.07, 6.45) is 0. The van der Waals surface area contributed by atoms with Gasteiger partial charge in [0.25, 0.3) is 10.0 Å². The lowest BCUT2D eigenvalue weighted by molar-refractivity contribution is 0.415. The summed E-state index contributed by atoms with van der Waals surface area (Å²) in [4.78, 5) is 9.02. The molecule has 10 heteroatoms. The number of hydrogen-bond donors (Lipinski definition) is 4. The molecule has 1 heterocycles. The van der Waals surface area contributed by atoms with Crippen molar-refractivity contribution in [1.29, 1.82) is 0 Å². The lowest BCUT2D eigenvalue weighted by Crippen LogP contribution is -2.16. The van der Waals surface area contributed by atoms with Gasteiger partial charge < -0.3 is 21.5 Å². The van der Waals surface area contributed by atoms with E-state index in [0.29, 0.717) is 33.8 Å². The average molecular weight is 436 g/mol. The molecule has 3 aromatic carbocycles. The SMILES string of the molecule is COc1cc(N)cc(Nc2nc3ccccc3nc2NS(=O)(=O)c2cccc(N)c2)c1. The molecule has 0 unspecified atom stereocenters. The molecule has 0 aliphatic carbocycles. The summed E-state index contributed by atoms with van der Waals surface area (Å²) in [6.45, 7) is 0. The van der Waals surface area contributed by atoms with E-state index >= 15 is 0 Å². The fourth-order valence-electron chi connectivity index (χ4n) is 2.98. The Hall–Kier alpha value is -4.05. The third-order valence-electron chi connectivity index (χ3n) is 4.40. The van der Waals surface area contributed by atoms with Gasteiger partial charge in [-0.15, -0.1) is 0 Å². The Kier molecular flexibility index (Phi) is 5.22. The van der Waals surface area contributed by atoms with Crippen molar-refractivity contribution in [2.75, 3.05) is 28.6 Å². The zero-order valence-corrected chi connectivity index (χ0v) is 17.3. The smallest absolute Gasteiger partial charge is 0.263 e. The molecule has 0 saturated carbocycles. The minimum atomic E-state index is -3.96. The van der Waals surface area contributed by atoms with Crippen molar-refractivity contribution in [2.24, 2.45) is 0 Å². The molecule has 0 amide bonds. The molecular formula is C21H20N6O3S. The van der Waals surface area contributed by atoms with Gasteiger partial charge >= 0.3 is 0 Å². The van der Waals surface area contributed by atoms with Gasteiger partial charge in [0, 0.05) is 29.2 Å². The first-order chi connectivity index (χ1) is 14.8. The molecular weight excluding hydrogens is 416 g/mol. The van der Waals surface area contributed by atoms with Crippen LogP contribution in [-0.4, -0.2) is 25.5 Å². The molecule has 0 aliphatic rings. The van der Waals surface area contributed by atoms with Gasteiger partial charge in [0.15, 0.2) is 11.6 Å². The molecule has 4 aromatic rings. The van der Waals surface area contributed by atoms with Crippen LogP contribution >= 0.6 is 0 Å². The van der Waals surface area contributed by atoms with Crippen molar-refractivity contribution in [3.8, 4) is 5.75 Å². The van der Waals surface area contributed by atoms with Crippen LogP contribution in [0.5, 0.6) is 5.75 Å². The Morgan fingerprint density at radius 2 is 1.55 bits per heavy atom. The van der Waals surface area contributed by atoms with Crippen LogP contribution in [0, 0.1) is 0 Å². The highest BCUT2D eigenvalue weighted by molar-refractivity contribution is 7.92. The van der Waals surface area contributed by atoms with Gasteiger partial charge in [0.1, 0.15) is 5.75 Å². The molecule has 1 aromatic heterocycles. The highest BCUT2D eigenvalue weighted by Gasteiger charge is 2.19. The number of sulfonamides is 1. The second-order valence-corrected chi connectivity index (χ2v) is 8.39. The fourth-order valence-corrected chi connectivity index (χ4v) is 4.04. The van der Waals surface area contributed by atoms with E-state index in [9.17, 15) is 8.42 Å². The maximum atomic E-state index is 12.9. The van der Waals surface area contributed by atoms with E-state index in [2.05, 4.69) is 20.0 Å². The Balaban J connectivity index is 1.79. The molecule has 0 saturated heterocycles. The standard InChI is InChI=1S/C21H20N6O3S/c1-30-16-10-14(23)9-15(12-16)24-20-21(26-19-8-3-2-7-18(19)25-20)27-31(28,29)17-6-4-5-13(22)11-17/h2-12H,22-23H2,1H3,(H,24,25)(H,26,27). The first-order valence-corrected chi connectivity index (χ1v) is 10.7. The van der Waals surface area contributed by atoms with Crippen molar-refractivity contribution in [1.82, 2.24) is 9.97 Å². The average Bonchev–Trinajstić information content (AvgIpc) is 2.73. The number of nitrogens with one attached hydrogen (secondary N) is 2. The molecule has 0 aliphatic heterocycles. The number of aromatic nitrogens is 2. The van der Waals surface area contributed by atoms with Gasteiger partial charge in [-0.25, -0.2) is 18.4 Å². The van der Waals surface area contributed by atoms with Crippen molar-refractivity contribution >= 4 is 49.8 Å². The lowest BCUT2D eigenvalue weighted by atomic mass is 10.2. The molecule has 4 rings (SSSR count). The molecule has 0 radical (unpaired) electrons. The van der Waals surface area contributed by atoms with Crippen LogP contribution in [0.2, 0.25) is 0 Å². The van der Waals surface area contributed by atoms with Gasteiger partial charge in [-0.05, 0) is 36.4 Å². The van der Waals surface area contributed by atoms with Crippen LogP contribution in [0.1, 0.15) is 0 Å². The van der Waals surface area contributed by atoms with Crippen LogP contribution in [0.15, 0.2) is 71.6 Å². The zero-order chi connectivity index (χ0) is 22.0. The van der Waals surface area contributed by atoms with Gasteiger partial charge in [-0.3, -0.25) is 4.72 Å². The van der Waals surface area contributed by atoms with Crippen molar-refractivity contribution in [2.45, 2.75) is 4.90 Å². The van der Waals surface area contributed by atoms with E-state index in [1.807, 2.05) is 6.07 Å². The second-order valence-electron chi connectivity index (χ2n) is 6.71. The monoisotopic (exact) mass is 436 g/mol. The van der Waals surface area contributed by atoms with Crippen LogP contribution in [0.4, 0.5) is 28.7 Å². The summed E-state index contributed by atoms with van der Waals surface area (Å²) < 4.78 is 33.6. The Bertz CT molecular complexity index is 1370. The number of rotatable bonds is 6. The van der Waals surface area contributed by atoms with Crippen molar-refractivity contribution in [3.63, 3.8) is 0 Å². The maximum absolute atomic E-state index is 12.9. The summed E-state index contributed by atoms with van der Waals surface area (Å²) in [5, 5.41) is 3.08. The lowest BCUT2D eigenvalue weighted by Gasteiger charge is -2.15. The topological polar surface area (TPSA) is 145 Å². The van der Waals surface area contributed by atoms with E-state index in [-0.39, 0.29) is 16.5 Å². The normalized spacial score (nSPS) is 11.3. The number of benzene rings is 3. The van der Waals surface area contributed by atoms with Gasteiger partial charge in [-0.1, -0.05) is 18.2 Å². The first kappa shape index (κ1) is 20.2. The number of nitrogen functional groups attached to an aromatic ring is 2. The number of hydrogen-bond acceptors (Lipinski definition) is 8. The van der Waals surface area contributed by atoms with E-state index in [1.165, 1.54) is 19.2 Å². The molecule has 0 atom stereocenters. The third kappa shape index (κ3) is 4.43. The van der Waals surface area contributed by atoms with Gasteiger partial charge in [0.2, 0.25) is 0 Å². The van der Waals surface area contributed by atoms with E-state index in [4.69, 9.17) is 16.2 Å². The van der Waals surface area contributed by atoms with Gasteiger partial charge in [0.05, 0.1) is 23.0 Å². The summed E-state index contributed by atoms with van der Waals surface area (Å²) >= 11 is 0. The number of anilines is 5. The Labute approximate surface area is 179 Å². The summed E-state index contributed by atoms with van der Waals surface area (Å²) in [5.41, 5.74) is 14.2. The minimum absolute atomic E-state index is 0.0130. The molecule has 0 fully saturated rings. The highest BCUT2D eigenvalue weighted by Crippen LogP contribution is 2.30. The van der Waals surface area contributed by atoms with E-state index < -0.39 is 10.0 Å². The third-order valence-corrected chi connectivity index (χ3v) is 5.73. The predicted octanol–water partition coefficient (Wildman–Crippen LogP) is 3.35. The summed E-state index contributed by atoms with van der Waals surface area (Å²) in [7, 11) is -2.43. The number of nitrogens with zero attached hydrogens (tertiary/aromatic N) is 2. The molecule has 9 nitrogen and oxygen atoms in total. The Morgan fingerprint density at radius 1 is 0.839 bits per heavy atom. The minimum Gasteiger partial charge on any atom is -0.497 e. The molecule has 0 bridgehead atoms. The van der Waals surface area contributed by atoms with Crippen LogP contribution < -0.4 is 26.2 Å². The summed E-state index contributed by atoms with van der Waals surface area (Å²) in [6, 6.07) is 18.2. The van der Waals surface area contributed by atoms with Crippen LogP contribution in [0.3, 0.4) is 0 Å². The van der Waals surface area contributed by atoms with Crippen molar-refractivity contribution in [3.05, 3.63) is 66.7 Å².